The number of ether oxygens (including phenoxy) is 1. The lowest BCUT2D eigenvalue weighted by Crippen LogP contribution is -1.82. The number of aromatic nitrogens is 1. The molecule has 2 nitrogen and oxygen atoms in total. The fourth-order valence-corrected chi connectivity index (χ4v) is 1.33. The highest BCUT2D eigenvalue weighted by Crippen LogP contribution is 2.12. The van der Waals surface area contributed by atoms with Gasteiger partial charge < -0.3 is 9.30 Å². The van der Waals surface area contributed by atoms with Crippen molar-refractivity contribution in [1.82, 2.24) is 4.57 Å². The smallest absolute Gasteiger partial charge is 0.118 e. The molecule has 1 heterocycles. The van der Waals surface area contributed by atoms with Crippen molar-refractivity contribution in [3.05, 3.63) is 54.4 Å². The van der Waals surface area contributed by atoms with Crippen molar-refractivity contribution in [3.63, 3.8) is 0 Å². The summed E-state index contributed by atoms with van der Waals surface area (Å²) in [7, 11) is 1.67. The van der Waals surface area contributed by atoms with Gasteiger partial charge in [-0.15, -0.1) is 0 Å². The van der Waals surface area contributed by atoms with E-state index in [2.05, 4.69) is 6.08 Å². The van der Waals surface area contributed by atoms with Gasteiger partial charge >= 0.3 is 0 Å². The van der Waals surface area contributed by atoms with Crippen molar-refractivity contribution >= 4 is 12.3 Å². The van der Waals surface area contributed by atoms with Gasteiger partial charge in [0.15, 0.2) is 0 Å². The normalized spacial score (nSPS) is 10.7. The number of nitrogens with zero attached hydrogens (tertiary/aromatic N) is 1. The number of hydrogen-bond acceptors (Lipinski definition) is 1. The fraction of sp³-hybridized carbons (Fsp3) is 0.0769. The first-order valence-electron chi connectivity index (χ1n) is 4.83. The summed E-state index contributed by atoms with van der Waals surface area (Å²) in [6.07, 6.45) is 8.07. The number of rotatable bonds is 3. The minimum Gasteiger partial charge on any atom is -0.497 e. The first-order chi connectivity index (χ1) is 7.38. The number of hydrogen-bond donors (Lipinski definition) is 0. The van der Waals surface area contributed by atoms with Crippen molar-refractivity contribution in [2.24, 2.45) is 0 Å². The first kappa shape index (κ1) is 9.59. The minimum atomic E-state index is 0.883. The van der Waals surface area contributed by atoms with Crippen LogP contribution in [0.15, 0.2) is 48.8 Å². The van der Waals surface area contributed by atoms with Crippen LogP contribution >= 0.6 is 0 Å². The van der Waals surface area contributed by atoms with Gasteiger partial charge in [0.2, 0.25) is 0 Å². The summed E-state index contributed by atoms with van der Waals surface area (Å²) >= 11 is 0. The monoisotopic (exact) mass is 199 g/mol. The van der Waals surface area contributed by atoms with Crippen LogP contribution in [0.3, 0.4) is 0 Å². The van der Waals surface area contributed by atoms with Crippen molar-refractivity contribution in [2.75, 3.05) is 7.11 Å². The lowest BCUT2D eigenvalue weighted by Gasteiger charge is -1.99. The molecule has 76 valence electrons. The van der Waals surface area contributed by atoms with E-state index in [9.17, 15) is 0 Å². The molecule has 15 heavy (non-hydrogen) atoms. The highest BCUT2D eigenvalue weighted by Gasteiger charge is 1.89. The van der Waals surface area contributed by atoms with Crippen LogP contribution in [0.5, 0.6) is 5.75 Å². The number of benzene rings is 1. The zero-order chi connectivity index (χ0) is 10.5. The van der Waals surface area contributed by atoms with E-state index in [1.807, 2.05) is 59.6 Å². The molecular formula is C13H13NO. The predicted octanol–water partition coefficient (Wildman–Crippen LogP) is 3.12. The molecule has 0 aliphatic carbocycles. The Morgan fingerprint density at radius 1 is 1.07 bits per heavy atom. The van der Waals surface area contributed by atoms with Crippen molar-refractivity contribution in [3.8, 4) is 5.75 Å². The molecule has 0 aliphatic rings. The Morgan fingerprint density at radius 3 is 2.33 bits per heavy atom. The van der Waals surface area contributed by atoms with Gasteiger partial charge in [-0.25, -0.2) is 0 Å². The molecule has 0 bridgehead atoms. The van der Waals surface area contributed by atoms with Crippen LogP contribution in [0.4, 0.5) is 0 Å². The quantitative estimate of drug-likeness (QED) is 0.740. The fourth-order valence-electron chi connectivity index (χ4n) is 1.33. The van der Waals surface area contributed by atoms with Crippen LogP contribution in [0.1, 0.15) is 5.56 Å². The molecule has 2 rings (SSSR count). The molecule has 0 spiro atoms. The van der Waals surface area contributed by atoms with E-state index in [0.717, 1.165) is 11.3 Å². The molecule has 0 fully saturated rings. The van der Waals surface area contributed by atoms with Crippen molar-refractivity contribution in [1.29, 1.82) is 0 Å². The molecule has 0 aliphatic heterocycles. The topological polar surface area (TPSA) is 14.2 Å². The van der Waals surface area contributed by atoms with Crippen LogP contribution in [-0.4, -0.2) is 11.7 Å². The zero-order valence-corrected chi connectivity index (χ0v) is 8.63. The summed E-state index contributed by atoms with van der Waals surface area (Å²) in [6, 6.07) is 12.0. The zero-order valence-electron chi connectivity index (χ0n) is 8.63. The van der Waals surface area contributed by atoms with Crippen LogP contribution in [0, 0.1) is 0 Å². The highest BCUT2D eigenvalue weighted by atomic mass is 16.5. The highest BCUT2D eigenvalue weighted by molar-refractivity contribution is 5.61. The molecule has 0 N–H and O–H groups in total. The van der Waals surface area contributed by atoms with Crippen molar-refractivity contribution < 1.29 is 4.74 Å². The van der Waals surface area contributed by atoms with Gasteiger partial charge in [-0.1, -0.05) is 12.1 Å². The molecule has 0 atom stereocenters. The van der Waals surface area contributed by atoms with Crippen molar-refractivity contribution in [2.45, 2.75) is 0 Å². The molecule has 0 saturated carbocycles. The Bertz CT molecular complexity index is 426. The van der Waals surface area contributed by atoms with Crippen LogP contribution in [0.2, 0.25) is 0 Å². The standard InChI is InChI=1S/C13H13NO/c1-15-13-6-4-12(5-7-13)8-11-14-9-2-3-10-14/h2-11H,1H3. The molecule has 0 saturated heterocycles. The molecule has 0 unspecified atom stereocenters. The van der Waals surface area contributed by atoms with E-state index in [1.54, 1.807) is 7.11 Å². The third-order valence-electron chi connectivity index (χ3n) is 2.18. The average molecular weight is 199 g/mol. The predicted molar refractivity (Wildman–Crippen MR) is 62.7 cm³/mol. The Hall–Kier alpha value is -1.96. The third-order valence-corrected chi connectivity index (χ3v) is 2.18. The van der Waals surface area contributed by atoms with Crippen LogP contribution in [0.25, 0.3) is 12.3 Å². The van der Waals surface area contributed by atoms with Gasteiger partial charge in [-0.05, 0) is 35.9 Å². The van der Waals surface area contributed by atoms with Gasteiger partial charge in [-0.2, -0.15) is 0 Å². The largest absolute Gasteiger partial charge is 0.497 e. The molecule has 1 aromatic carbocycles. The Kier molecular flexibility index (Phi) is 2.88. The maximum atomic E-state index is 5.09. The molecule has 1 aromatic heterocycles. The summed E-state index contributed by atoms with van der Waals surface area (Å²) in [5, 5.41) is 0. The molecule has 0 amide bonds. The minimum absolute atomic E-state index is 0.883. The van der Waals surface area contributed by atoms with Gasteiger partial charge in [-0.3, -0.25) is 0 Å². The second-order valence-corrected chi connectivity index (χ2v) is 3.22. The second-order valence-electron chi connectivity index (χ2n) is 3.22. The summed E-state index contributed by atoms with van der Waals surface area (Å²) in [6.45, 7) is 0. The van der Waals surface area contributed by atoms with Gasteiger partial charge in [0.1, 0.15) is 5.75 Å². The average Bonchev–Trinajstić information content (AvgIpc) is 2.80. The lowest BCUT2D eigenvalue weighted by atomic mass is 10.2. The molecule has 2 heteroatoms. The van der Waals surface area contributed by atoms with E-state index in [4.69, 9.17) is 4.74 Å². The van der Waals surface area contributed by atoms with E-state index in [0.29, 0.717) is 0 Å². The third kappa shape index (κ3) is 2.50. The second kappa shape index (κ2) is 4.51. The number of methoxy groups -OCH3 is 1. The molecular weight excluding hydrogens is 186 g/mol. The molecule has 2 aromatic rings. The maximum absolute atomic E-state index is 5.09. The van der Waals surface area contributed by atoms with E-state index in [-0.39, 0.29) is 0 Å². The van der Waals surface area contributed by atoms with E-state index < -0.39 is 0 Å². The van der Waals surface area contributed by atoms with E-state index in [1.165, 1.54) is 0 Å². The van der Waals surface area contributed by atoms with E-state index >= 15 is 0 Å². The summed E-state index contributed by atoms with van der Waals surface area (Å²) in [4.78, 5) is 0. The Balaban J connectivity index is 2.11. The van der Waals surface area contributed by atoms with Gasteiger partial charge in [0.05, 0.1) is 7.11 Å². The maximum Gasteiger partial charge on any atom is 0.118 e. The molecule has 0 radical (unpaired) electrons. The SMILES string of the molecule is COc1ccc(C=Cn2cccc2)cc1. The van der Waals surface area contributed by atoms with Crippen LogP contribution < -0.4 is 4.74 Å². The lowest BCUT2D eigenvalue weighted by molar-refractivity contribution is 0.415. The van der Waals surface area contributed by atoms with Gasteiger partial charge in [0, 0.05) is 18.6 Å². The van der Waals surface area contributed by atoms with Crippen LogP contribution in [-0.2, 0) is 0 Å². The summed E-state index contributed by atoms with van der Waals surface area (Å²) in [5.41, 5.74) is 1.16. The van der Waals surface area contributed by atoms with Gasteiger partial charge in [0.25, 0.3) is 0 Å². The first-order valence-corrected chi connectivity index (χ1v) is 4.83. The Morgan fingerprint density at radius 2 is 1.73 bits per heavy atom. The Labute approximate surface area is 89.4 Å². The summed E-state index contributed by atoms with van der Waals surface area (Å²) in [5.74, 6) is 0.883. The summed E-state index contributed by atoms with van der Waals surface area (Å²) < 4.78 is 7.09.